The summed E-state index contributed by atoms with van der Waals surface area (Å²) in [6, 6.07) is 32.8. The van der Waals surface area contributed by atoms with Gasteiger partial charge in [0.2, 0.25) is 5.88 Å². The topological polar surface area (TPSA) is 136 Å². The van der Waals surface area contributed by atoms with Gasteiger partial charge in [0.05, 0.1) is 17.4 Å². The van der Waals surface area contributed by atoms with E-state index in [1.54, 1.807) is 60.8 Å². The first-order valence-electron chi connectivity index (χ1n) is 15.6. The molecule has 6 rings (SSSR count). The lowest BCUT2D eigenvalue weighted by Gasteiger charge is -2.29. The average molecular weight is 644 g/mol. The number of para-hydroxylation sites is 2. The lowest BCUT2D eigenvalue weighted by molar-refractivity contribution is 0.0697. The number of carboxylic acids is 1. The third-order valence-corrected chi connectivity index (χ3v) is 7.87. The Morgan fingerprint density at radius 1 is 0.625 bits per heavy atom. The molecule has 10 heteroatoms. The number of carboxylic acid groups (broad SMARTS) is 1. The molecule has 48 heavy (non-hydrogen) atoms. The molecule has 1 aliphatic rings. The fourth-order valence-electron chi connectivity index (χ4n) is 5.40. The molecule has 1 saturated carbocycles. The minimum absolute atomic E-state index is 0.0143. The van der Waals surface area contributed by atoms with E-state index in [0.717, 1.165) is 31.4 Å². The van der Waals surface area contributed by atoms with Crippen molar-refractivity contribution in [3.8, 4) is 28.9 Å². The van der Waals surface area contributed by atoms with Crippen LogP contribution in [0.2, 0.25) is 0 Å². The summed E-state index contributed by atoms with van der Waals surface area (Å²) in [6.07, 6.45) is 4.79. The van der Waals surface area contributed by atoms with Gasteiger partial charge in [0.25, 0.3) is 11.8 Å². The van der Waals surface area contributed by atoms with E-state index in [1.165, 1.54) is 6.07 Å². The highest BCUT2D eigenvalue weighted by atomic mass is 16.5. The Labute approximate surface area is 277 Å². The highest BCUT2D eigenvalue weighted by Crippen LogP contribution is 2.29. The normalized spacial score (nSPS) is 15.5. The van der Waals surface area contributed by atoms with Crippen molar-refractivity contribution in [2.24, 2.45) is 0 Å². The Kier molecular flexibility index (Phi) is 9.91. The van der Waals surface area contributed by atoms with E-state index in [2.05, 4.69) is 15.6 Å². The third kappa shape index (κ3) is 8.16. The van der Waals surface area contributed by atoms with Gasteiger partial charge >= 0.3 is 5.97 Å². The standard InChI is InChI=1S/C38H33N3O7/c42-35(41-34-11-5-4-9-32(34)38(44)45)25-12-16-28(17-13-25)46-30-20-22-31(23-21-30)47-29-18-14-26(15-19-29)40-36(43)33-10-6-24-39-37(33)48-27-7-2-1-3-8-27/h1-13,16-17,20-24,26,29H,14-15,18-19H2,(H,40,43)(H,41,42)(H,44,45). The van der Waals surface area contributed by atoms with Crippen molar-refractivity contribution in [3.63, 3.8) is 0 Å². The number of nitrogens with one attached hydrogen (secondary N) is 2. The number of rotatable bonds is 11. The third-order valence-electron chi connectivity index (χ3n) is 7.87. The number of carbonyl (C=O) groups is 3. The molecule has 2 amide bonds. The Morgan fingerprint density at radius 2 is 1.23 bits per heavy atom. The van der Waals surface area contributed by atoms with Crippen LogP contribution >= 0.6 is 0 Å². The molecule has 3 N–H and O–H groups in total. The van der Waals surface area contributed by atoms with Crippen LogP contribution in [0.5, 0.6) is 28.9 Å². The zero-order chi connectivity index (χ0) is 33.3. The molecule has 10 nitrogen and oxygen atoms in total. The zero-order valence-electron chi connectivity index (χ0n) is 25.9. The summed E-state index contributed by atoms with van der Waals surface area (Å²) < 4.78 is 18.0. The molecule has 1 heterocycles. The van der Waals surface area contributed by atoms with Crippen LogP contribution < -0.4 is 24.8 Å². The number of aromatic carboxylic acids is 1. The van der Waals surface area contributed by atoms with E-state index in [1.807, 2.05) is 54.6 Å². The lowest BCUT2D eigenvalue weighted by atomic mass is 9.92. The molecule has 5 aromatic rings. The molecule has 242 valence electrons. The van der Waals surface area contributed by atoms with Crippen LogP contribution in [-0.2, 0) is 0 Å². The highest BCUT2D eigenvalue weighted by molar-refractivity contribution is 6.07. The van der Waals surface area contributed by atoms with E-state index in [4.69, 9.17) is 14.2 Å². The Balaban J connectivity index is 0.961. The molecular formula is C38H33N3O7. The Hall–Kier alpha value is -6.16. The number of hydrogen-bond acceptors (Lipinski definition) is 7. The molecule has 1 fully saturated rings. The maximum Gasteiger partial charge on any atom is 0.337 e. The van der Waals surface area contributed by atoms with Gasteiger partial charge in [-0.1, -0.05) is 30.3 Å². The van der Waals surface area contributed by atoms with E-state index in [0.29, 0.717) is 28.4 Å². The quantitative estimate of drug-likeness (QED) is 0.133. The van der Waals surface area contributed by atoms with Crippen molar-refractivity contribution >= 4 is 23.5 Å². The minimum Gasteiger partial charge on any atom is -0.490 e. The van der Waals surface area contributed by atoms with Crippen LogP contribution in [0.4, 0.5) is 5.69 Å². The number of nitrogens with zero attached hydrogens (tertiary/aromatic N) is 1. The minimum atomic E-state index is -1.12. The van der Waals surface area contributed by atoms with Crippen molar-refractivity contribution in [1.29, 1.82) is 0 Å². The van der Waals surface area contributed by atoms with E-state index in [-0.39, 0.29) is 35.2 Å². The lowest BCUT2D eigenvalue weighted by Crippen LogP contribution is -2.39. The van der Waals surface area contributed by atoms with Crippen LogP contribution in [0.25, 0.3) is 0 Å². The number of aromatic nitrogens is 1. The number of ether oxygens (including phenoxy) is 3. The van der Waals surface area contributed by atoms with Crippen molar-refractivity contribution in [3.05, 3.63) is 138 Å². The predicted octanol–water partition coefficient (Wildman–Crippen LogP) is 7.74. The first-order chi connectivity index (χ1) is 23.4. The predicted molar refractivity (Wildman–Crippen MR) is 179 cm³/mol. The van der Waals surface area contributed by atoms with Crippen molar-refractivity contribution < 1.29 is 33.7 Å². The fraction of sp³-hybridized carbons (Fsp3) is 0.158. The van der Waals surface area contributed by atoms with Crippen LogP contribution in [0.15, 0.2) is 121 Å². The van der Waals surface area contributed by atoms with Crippen LogP contribution in [0.3, 0.4) is 0 Å². The average Bonchev–Trinajstić information content (AvgIpc) is 3.11. The molecule has 0 unspecified atom stereocenters. The Morgan fingerprint density at radius 3 is 1.94 bits per heavy atom. The summed E-state index contributed by atoms with van der Waals surface area (Å²) in [5.74, 6) is 0.988. The SMILES string of the molecule is O=C(Nc1ccccc1C(=O)O)c1ccc(Oc2ccc(OC3CCC(NC(=O)c4cccnc4Oc4ccccc4)CC3)cc2)cc1. The van der Waals surface area contributed by atoms with Crippen LogP contribution in [0.1, 0.15) is 56.8 Å². The van der Waals surface area contributed by atoms with Gasteiger partial charge in [-0.15, -0.1) is 0 Å². The largest absolute Gasteiger partial charge is 0.490 e. The highest BCUT2D eigenvalue weighted by Gasteiger charge is 2.25. The van der Waals surface area contributed by atoms with Gasteiger partial charge in [-0.05, 0) is 111 Å². The van der Waals surface area contributed by atoms with E-state index in [9.17, 15) is 19.5 Å². The number of amides is 2. The molecular weight excluding hydrogens is 610 g/mol. The number of carbonyl (C=O) groups excluding carboxylic acids is 2. The zero-order valence-corrected chi connectivity index (χ0v) is 25.9. The van der Waals surface area contributed by atoms with Gasteiger partial charge in [-0.25, -0.2) is 9.78 Å². The van der Waals surface area contributed by atoms with Gasteiger partial charge in [0, 0.05) is 17.8 Å². The molecule has 0 saturated heterocycles. The number of anilines is 1. The smallest absolute Gasteiger partial charge is 0.337 e. The number of hydrogen-bond donors (Lipinski definition) is 3. The fourth-order valence-corrected chi connectivity index (χ4v) is 5.40. The second kappa shape index (κ2) is 15.0. The second-order valence-electron chi connectivity index (χ2n) is 11.2. The van der Waals surface area contributed by atoms with Crippen molar-refractivity contribution in [2.45, 2.75) is 37.8 Å². The first-order valence-corrected chi connectivity index (χ1v) is 15.6. The van der Waals surface area contributed by atoms with Crippen LogP contribution in [-0.4, -0.2) is 40.0 Å². The summed E-state index contributed by atoms with van der Waals surface area (Å²) >= 11 is 0. The van der Waals surface area contributed by atoms with Gasteiger partial charge < -0.3 is 30.0 Å². The molecule has 0 bridgehead atoms. The molecule has 0 atom stereocenters. The van der Waals surface area contributed by atoms with Crippen molar-refractivity contribution in [2.75, 3.05) is 5.32 Å². The molecule has 0 aliphatic heterocycles. The van der Waals surface area contributed by atoms with Gasteiger partial charge in [-0.2, -0.15) is 0 Å². The monoisotopic (exact) mass is 643 g/mol. The summed E-state index contributed by atoms with van der Waals surface area (Å²) in [5, 5.41) is 15.1. The molecule has 1 aromatic heterocycles. The number of pyridine rings is 1. The van der Waals surface area contributed by atoms with Gasteiger partial charge in [0.1, 0.15) is 28.6 Å². The molecule has 4 aromatic carbocycles. The van der Waals surface area contributed by atoms with Gasteiger partial charge in [-0.3, -0.25) is 9.59 Å². The summed E-state index contributed by atoms with van der Waals surface area (Å²) in [4.78, 5) is 41.4. The second-order valence-corrected chi connectivity index (χ2v) is 11.2. The van der Waals surface area contributed by atoms with Gasteiger partial charge in [0.15, 0.2) is 0 Å². The maximum atomic E-state index is 13.1. The summed E-state index contributed by atoms with van der Waals surface area (Å²) in [5.41, 5.74) is 0.990. The molecule has 1 aliphatic carbocycles. The van der Waals surface area contributed by atoms with Crippen LogP contribution in [0, 0.1) is 0 Å². The van der Waals surface area contributed by atoms with E-state index >= 15 is 0 Å². The van der Waals surface area contributed by atoms with E-state index < -0.39 is 11.9 Å². The van der Waals surface area contributed by atoms with Crippen molar-refractivity contribution in [1.82, 2.24) is 10.3 Å². The molecule has 0 radical (unpaired) electrons. The first kappa shape index (κ1) is 31.8. The maximum absolute atomic E-state index is 13.1. The Bertz CT molecular complexity index is 1870. The number of benzene rings is 4. The summed E-state index contributed by atoms with van der Waals surface area (Å²) in [6.45, 7) is 0. The summed E-state index contributed by atoms with van der Waals surface area (Å²) in [7, 11) is 0. The molecule has 0 spiro atoms.